The van der Waals surface area contributed by atoms with Crippen molar-refractivity contribution in [1.82, 2.24) is 14.5 Å². The largest absolute Gasteiger partial charge is 0.355 e. The Bertz CT molecular complexity index is 1120. The molecule has 2 aliphatic heterocycles. The zero-order chi connectivity index (χ0) is 24.8. The molecule has 2 heterocycles. The Morgan fingerprint density at radius 3 is 2.37 bits per heavy atom. The van der Waals surface area contributed by atoms with Crippen LogP contribution in [-0.2, 0) is 26.0 Å². The van der Waals surface area contributed by atoms with Gasteiger partial charge >= 0.3 is 0 Å². The number of hydrogen-bond donors (Lipinski definition) is 1. The van der Waals surface area contributed by atoms with Crippen LogP contribution in [0, 0.1) is 5.92 Å². The number of nitrogens with zero attached hydrogens (tertiary/aromatic N) is 3. The van der Waals surface area contributed by atoms with E-state index in [-0.39, 0.29) is 37.1 Å². The van der Waals surface area contributed by atoms with Crippen LogP contribution in [0.3, 0.4) is 0 Å². The molecule has 2 aromatic carbocycles. The number of hydrogen-bond acceptors (Lipinski definition) is 5. The highest BCUT2D eigenvalue weighted by atomic mass is 35.5. The van der Waals surface area contributed by atoms with Crippen LogP contribution in [0.25, 0.3) is 0 Å². The van der Waals surface area contributed by atoms with Crippen LogP contribution in [0.5, 0.6) is 0 Å². The maximum Gasteiger partial charge on any atom is 0.227 e. The quantitative estimate of drug-likeness (QED) is 0.548. The number of carbonyl (C=O) groups is 2. The average Bonchev–Trinajstić information content (AvgIpc) is 3.25. The smallest absolute Gasteiger partial charge is 0.227 e. The Hall–Kier alpha value is -2.46. The van der Waals surface area contributed by atoms with Gasteiger partial charge in [0.15, 0.2) is 0 Å². The second kappa shape index (κ2) is 11.5. The zero-order valence-electron chi connectivity index (χ0n) is 19.6. The van der Waals surface area contributed by atoms with E-state index in [4.69, 9.17) is 11.6 Å². The van der Waals surface area contributed by atoms with E-state index in [0.717, 1.165) is 13.0 Å². The Balaban J connectivity index is 1.18. The second-order valence-electron chi connectivity index (χ2n) is 8.97. The van der Waals surface area contributed by atoms with Gasteiger partial charge in [0.1, 0.15) is 0 Å². The van der Waals surface area contributed by atoms with Crippen LogP contribution in [0.4, 0.5) is 5.69 Å². The summed E-state index contributed by atoms with van der Waals surface area (Å²) in [6, 6.07) is 17.1. The van der Waals surface area contributed by atoms with E-state index in [2.05, 4.69) is 22.3 Å². The highest BCUT2D eigenvalue weighted by Gasteiger charge is 2.35. The molecule has 2 saturated heterocycles. The SMILES string of the molecule is O=C(NCCS(=O)(=O)N1CCN(CCc2ccccc2)CC1)C1CC(=O)N(c2ccc(Cl)cc2)C1. The van der Waals surface area contributed by atoms with E-state index in [9.17, 15) is 18.0 Å². The Labute approximate surface area is 211 Å². The fourth-order valence-corrected chi connectivity index (χ4v) is 5.96. The zero-order valence-corrected chi connectivity index (χ0v) is 21.2. The van der Waals surface area contributed by atoms with Crippen molar-refractivity contribution in [2.75, 3.05) is 56.5 Å². The van der Waals surface area contributed by atoms with Crippen molar-refractivity contribution in [2.45, 2.75) is 12.8 Å². The Morgan fingerprint density at radius 2 is 1.69 bits per heavy atom. The van der Waals surface area contributed by atoms with Crippen LogP contribution in [0.15, 0.2) is 54.6 Å². The van der Waals surface area contributed by atoms with Gasteiger partial charge in [-0.2, -0.15) is 4.31 Å². The molecule has 2 aromatic rings. The van der Waals surface area contributed by atoms with Crippen LogP contribution >= 0.6 is 11.6 Å². The van der Waals surface area contributed by atoms with E-state index in [1.807, 2.05) is 18.2 Å². The summed E-state index contributed by atoms with van der Waals surface area (Å²) in [4.78, 5) is 28.8. The highest BCUT2D eigenvalue weighted by molar-refractivity contribution is 7.89. The van der Waals surface area contributed by atoms with Crippen molar-refractivity contribution in [1.29, 1.82) is 0 Å². The topological polar surface area (TPSA) is 90.0 Å². The molecule has 2 aliphatic rings. The first-order chi connectivity index (χ1) is 16.8. The van der Waals surface area contributed by atoms with Crippen molar-refractivity contribution in [2.24, 2.45) is 5.92 Å². The first-order valence-electron chi connectivity index (χ1n) is 11.9. The molecule has 0 spiro atoms. The van der Waals surface area contributed by atoms with E-state index in [1.54, 1.807) is 29.2 Å². The van der Waals surface area contributed by atoms with Crippen LogP contribution in [0.1, 0.15) is 12.0 Å². The molecule has 35 heavy (non-hydrogen) atoms. The minimum absolute atomic E-state index is 0.0288. The number of piperazine rings is 1. The minimum atomic E-state index is -3.46. The summed E-state index contributed by atoms with van der Waals surface area (Å²) >= 11 is 5.91. The van der Waals surface area contributed by atoms with Gasteiger partial charge in [0.05, 0.1) is 11.7 Å². The summed E-state index contributed by atoms with van der Waals surface area (Å²) in [6.45, 7) is 3.51. The number of rotatable bonds is 9. The number of sulfonamides is 1. The maximum absolute atomic E-state index is 12.8. The predicted octanol–water partition coefficient (Wildman–Crippen LogP) is 2.00. The molecule has 0 radical (unpaired) electrons. The van der Waals surface area contributed by atoms with E-state index >= 15 is 0 Å². The molecule has 1 N–H and O–H groups in total. The first kappa shape index (κ1) is 25.6. The molecule has 4 rings (SSSR count). The summed E-state index contributed by atoms with van der Waals surface area (Å²) < 4.78 is 27.1. The molecule has 10 heteroatoms. The molecule has 0 bridgehead atoms. The van der Waals surface area contributed by atoms with Crippen molar-refractivity contribution in [3.8, 4) is 0 Å². The minimum Gasteiger partial charge on any atom is -0.355 e. The van der Waals surface area contributed by atoms with Gasteiger partial charge in [-0.15, -0.1) is 0 Å². The second-order valence-corrected chi connectivity index (χ2v) is 11.5. The monoisotopic (exact) mass is 518 g/mol. The molecular formula is C25H31ClN4O4S. The molecule has 0 aliphatic carbocycles. The third-order valence-electron chi connectivity index (χ3n) is 6.58. The lowest BCUT2D eigenvalue weighted by molar-refractivity contribution is -0.126. The number of nitrogens with one attached hydrogen (secondary N) is 1. The molecule has 1 unspecified atom stereocenters. The molecule has 8 nitrogen and oxygen atoms in total. The summed E-state index contributed by atoms with van der Waals surface area (Å²) in [5, 5.41) is 3.29. The van der Waals surface area contributed by atoms with E-state index < -0.39 is 15.9 Å². The van der Waals surface area contributed by atoms with Gasteiger partial charge in [0.2, 0.25) is 21.8 Å². The van der Waals surface area contributed by atoms with Crippen LogP contribution in [0.2, 0.25) is 5.02 Å². The van der Waals surface area contributed by atoms with Gasteiger partial charge in [-0.1, -0.05) is 41.9 Å². The lowest BCUT2D eigenvalue weighted by atomic mass is 10.1. The normalized spacial score (nSPS) is 19.7. The molecule has 0 aromatic heterocycles. The fourth-order valence-electron chi connectivity index (χ4n) is 4.49. The van der Waals surface area contributed by atoms with Gasteiger partial charge in [-0.05, 0) is 36.2 Å². The number of halogens is 1. The average molecular weight is 519 g/mol. The summed E-state index contributed by atoms with van der Waals surface area (Å²) in [5.74, 6) is -1.08. The van der Waals surface area contributed by atoms with Gasteiger partial charge in [-0.3, -0.25) is 9.59 Å². The predicted molar refractivity (Wildman–Crippen MR) is 137 cm³/mol. The van der Waals surface area contributed by atoms with Gasteiger partial charge in [0, 0.05) is 62.9 Å². The summed E-state index contributed by atoms with van der Waals surface area (Å²) in [7, 11) is -3.46. The molecule has 1 atom stereocenters. The lowest BCUT2D eigenvalue weighted by Gasteiger charge is -2.34. The van der Waals surface area contributed by atoms with Gasteiger partial charge in [-0.25, -0.2) is 8.42 Å². The van der Waals surface area contributed by atoms with Crippen LogP contribution < -0.4 is 10.2 Å². The number of carbonyl (C=O) groups excluding carboxylic acids is 2. The highest BCUT2D eigenvalue weighted by Crippen LogP contribution is 2.26. The molecule has 2 amide bonds. The van der Waals surface area contributed by atoms with Crippen molar-refractivity contribution < 1.29 is 18.0 Å². The van der Waals surface area contributed by atoms with Crippen molar-refractivity contribution in [3.63, 3.8) is 0 Å². The Kier molecular flexibility index (Phi) is 8.43. The number of anilines is 1. The standard InChI is InChI=1S/C25H31ClN4O4S/c26-22-6-8-23(9-7-22)30-19-21(18-24(30)31)25(32)27-11-17-35(33,34)29-15-13-28(14-16-29)12-10-20-4-2-1-3-5-20/h1-9,21H,10-19H2,(H,27,32). The molecule has 2 fully saturated rings. The van der Waals surface area contributed by atoms with E-state index in [1.165, 1.54) is 9.87 Å². The fraction of sp³-hybridized carbons (Fsp3) is 0.440. The summed E-state index contributed by atoms with van der Waals surface area (Å²) in [6.07, 6.45) is 1.05. The van der Waals surface area contributed by atoms with Gasteiger partial charge < -0.3 is 15.1 Å². The number of benzene rings is 2. The van der Waals surface area contributed by atoms with Crippen LogP contribution in [-0.4, -0.2) is 81.0 Å². The summed E-state index contributed by atoms with van der Waals surface area (Å²) in [5.41, 5.74) is 1.97. The third-order valence-corrected chi connectivity index (χ3v) is 8.70. The maximum atomic E-state index is 12.8. The van der Waals surface area contributed by atoms with E-state index in [0.29, 0.717) is 36.9 Å². The first-order valence-corrected chi connectivity index (χ1v) is 13.9. The third kappa shape index (κ3) is 6.82. The van der Waals surface area contributed by atoms with Gasteiger partial charge in [0.25, 0.3) is 0 Å². The lowest BCUT2D eigenvalue weighted by Crippen LogP contribution is -2.50. The molecule has 188 valence electrons. The van der Waals surface area contributed by atoms with Crippen molar-refractivity contribution in [3.05, 3.63) is 65.2 Å². The number of amides is 2. The molecule has 0 saturated carbocycles. The van der Waals surface area contributed by atoms with Crippen molar-refractivity contribution >= 4 is 39.1 Å². The molecular weight excluding hydrogens is 488 g/mol. The Morgan fingerprint density at radius 1 is 1.00 bits per heavy atom.